The highest BCUT2D eigenvalue weighted by Crippen LogP contribution is 2.49. The fourth-order valence-electron chi connectivity index (χ4n) is 9.94. The number of carbonyl (C=O) groups is 3. The number of sulfonamides is 1. The normalized spacial score (nSPS) is 27.3. The number of β-lactam (4-membered cyclic amide) rings is 1. The highest BCUT2D eigenvalue weighted by atomic mass is 32.2. The van der Waals surface area contributed by atoms with Gasteiger partial charge < -0.3 is 39.2 Å². The van der Waals surface area contributed by atoms with E-state index in [0.717, 1.165) is 81.4 Å². The molecule has 6 aliphatic heterocycles. The van der Waals surface area contributed by atoms with E-state index in [1.165, 1.54) is 23.4 Å². The van der Waals surface area contributed by atoms with Crippen LogP contribution in [0.5, 0.6) is 0 Å². The maximum absolute atomic E-state index is 14.1. The van der Waals surface area contributed by atoms with Crippen LogP contribution in [0.4, 0.5) is 5.69 Å². The third kappa shape index (κ3) is 6.63. The highest BCUT2D eigenvalue weighted by Gasteiger charge is 2.59. The number of aliphatic hydroxyl groups is 1. The first-order valence-corrected chi connectivity index (χ1v) is 22.2. The highest BCUT2D eigenvalue weighted by molar-refractivity contribution is 7.93. The van der Waals surface area contributed by atoms with Gasteiger partial charge in [0.05, 0.1) is 58.3 Å². The predicted molar refractivity (Wildman–Crippen MR) is 210 cm³/mol. The van der Waals surface area contributed by atoms with Gasteiger partial charge in [0.1, 0.15) is 49.4 Å². The smallest absolute Gasteiger partial charge is 0.272 e. The van der Waals surface area contributed by atoms with Crippen molar-refractivity contribution >= 4 is 65.2 Å². The molecule has 0 saturated carbocycles. The maximum Gasteiger partial charge on any atom is 0.272 e. The van der Waals surface area contributed by atoms with Gasteiger partial charge >= 0.3 is 0 Å². The van der Waals surface area contributed by atoms with Gasteiger partial charge in [-0.15, -0.1) is 0 Å². The molecular weight excluding hydrogens is 787 g/mol. The number of quaternary nitrogens is 2. The lowest BCUT2D eigenvalue weighted by molar-refractivity contribution is -1.08. The van der Waals surface area contributed by atoms with E-state index in [9.17, 15) is 46.0 Å². The Bertz CT molecular complexity index is 2640. The zero-order chi connectivity index (χ0) is 41.5. The lowest BCUT2D eigenvalue weighted by Gasteiger charge is -2.55. The van der Waals surface area contributed by atoms with Gasteiger partial charge in [-0.05, 0) is 58.5 Å². The Morgan fingerprint density at radius 2 is 1.57 bits per heavy atom. The van der Waals surface area contributed by atoms with Crippen LogP contribution in [0, 0.1) is 11.8 Å². The third-order valence-electron chi connectivity index (χ3n) is 13.2. The Balaban J connectivity index is 0.000000283. The standard InChI is InChI=1S/C31H37N5O7S.C10H8O3S/c1-18-22(29(31(40)41)34-28(18)26(19(2)37)30(34)39)16-33-23-5-3-4-21-14-20(15-24(27(21)23)44(33,42)43)6-7-35-8-11-36(12-9-35,13-10-35)17-25(32)38;11-14(12,13)10-6-5-8-3-1-2-4-9(8)7-10/h3-5,14-15,18-19,26,28,37H,6-13,16-17H2,1-2H3,(H-2,32,38,40,41);1-7H,(H,11,12,13)/t18-,19+,26?,28?,35?,36?;/m0./s1. The van der Waals surface area contributed by atoms with E-state index in [4.69, 9.17) is 5.73 Å². The summed E-state index contributed by atoms with van der Waals surface area (Å²) in [6.45, 7) is 9.96. The molecule has 306 valence electrons. The molecule has 6 heterocycles. The number of benzene rings is 4. The first-order chi connectivity index (χ1) is 27.3. The van der Waals surface area contributed by atoms with E-state index in [1.807, 2.05) is 24.3 Å². The van der Waals surface area contributed by atoms with Crippen LogP contribution in [0.25, 0.3) is 21.5 Å². The molecule has 4 saturated heterocycles. The quantitative estimate of drug-likeness (QED) is 0.129. The number of carbonyl (C=O) groups excluding carboxylic acids is 3. The van der Waals surface area contributed by atoms with Gasteiger partial charge in [-0.2, -0.15) is 0 Å². The monoisotopic (exact) mass is 831 g/mol. The molecule has 4 fully saturated rings. The van der Waals surface area contributed by atoms with Gasteiger partial charge in [-0.3, -0.25) is 13.9 Å². The number of piperazine rings is 3. The molecule has 0 spiro atoms. The Morgan fingerprint density at radius 1 is 0.931 bits per heavy atom. The van der Waals surface area contributed by atoms with Crippen LogP contribution in [0.3, 0.4) is 0 Å². The van der Waals surface area contributed by atoms with Crippen molar-refractivity contribution in [3.8, 4) is 0 Å². The zero-order valence-corrected chi connectivity index (χ0v) is 33.7. The lowest BCUT2D eigenvalue weighted by atomic mass is 9.78. The minimum atomic E-state index is -4.34. The number of anilines is 1. The van der Waals surface area contributed by atoms with E-state index < -0.39 is 56.0 Å². The van der Waals surface area contributed by atoms with Gasteiger partial charge in [0.25, 0.3) is 15.9 Å². The summed E-state index contributed by atoms with van der Waals surface area (Å²) in [6.07, 6.45) is -0.257. The first-order valence-electron chi connectivity index (χ1n) is 19.3. The number of amides is 2. The largest absolute Gasteiger partial charge is 0.744 e. The molecule has 0 radical (unpaired) electrons. The summed E-state index contributed by atoms with van der Waals surface area (Å²) < 4.78 is 63.4. The summed E-state index contributed by atoms with van der Waals surface area (Å²) in [5, 5.41) is 25.5. The van der Waals surface area contributed by atoms with Crippen molar-refractivity contribution in [3.63, 3.8) is 0 Å². The number of hydrogen-bond acceptors (Lipinski definition) is 10. The number of nitrogens with zero attached hydrogens (tertiary/aromatic N) is 4. The molecule has 15 nitrogen and oxygen atoms in total. The zero-order valence-electron chi connectivity index (χ0n) is 32.1. The van der Waals surface area contributed by atoms with Crippen LogP contribution < -0.4 is 15.1 Å². The number of carboxylic acids is 1. The van der Waals surface area contributed by atoms with Crippen LogP contribution in [-0.2, 0) is 40.9 Å². The number of primary amides is 1. The Kier molecular flexibility index (Phi) is 9.72. The van der Waals surface area contributed by atoms with E-state index in [1.54, 1.807) is 43.3 Å². The van der Waals surface area contributed by atoms with Crippen molar-refractivity contribution in [2.24, 2.45) is 17.6 Å². The lowest BCUT2D eigenvalue weighted by Crippen LogP contribution is -2.76. The van der Waals surface area contributed by atoms with E-state index in [-0.39, 0.29) is 27.9 Å². The third-order valence-corrected chi connectivity index (χ3v) is 15.8. The number of rotatable bonds is 10. The second-order valence-corrected chi connectivity index (χ2v) is 19.7. The summed E-state index contributed by atoms with van der Waals surface area (Å²) in [6, 6.07) is 20.3. The Morgan fingerprint density at radius 3 is 2.19 bits per heavy atom. The van der Waals surface area contributed by atoms with E-state index in [2.05, 4.69) is 0 Å². The fraction of sp³-hybridized carbons (Fsp3) is 0.390. The topological polar surface area (TPSA) is 218 Å². The minimum absolute atomic E-state index is 0.184. The molecule has 0 aliphatic carbocycles. The molecule has 2 unspecified atom stereocenters. The van der Waals surface area contributed by atoms with Gasteiger partial charge in [0, 0.05) is 17.7 Å². The second-order valence-electron chi connectivity index (χ2n) is 16.5. The van der Waals surface area contributed by atoms with Crippen molar-refractivity contribution in [2.75, 3.05) is 63.2 Å². The summed E-state index contributed by atoms with van der Waals surface area (Å²) in [5.74, 6) is -3.50. The molecule has 3 N–H and O–H groups in total. The molecule has 4 aromatic carbocycles. The van der Waals surface area contributed by atoms with Crippen molar-refractivity contribution < 1.29 is 55.0 Å². The second kappa shape index (κ2) is 14.1. The SMILES string of the molecule is C[C@@H](O)C1C(=O)N2C(C(=O)[O-])=C(CN3c4cccc5cc(CC[N+]67CC[N+](CC(N)=O)(CC6)CC7)cc(c45)S3(=O)=O)[C@H](C)C12.O=S(=O)([O-])c1ccc2ccccc2c1. The number of aliphatic carboxylic acids is 1. The number of aliphatic hydroxyl groups excluding tert-OH is 1. The first kappa shape index (κ1) is 39.9. The van der Waals surface area contributed by atoms with Gasteiger partial charge in [-0.1, -0.05) is 55.5 Å². The average molecular weight is 832 g/mol. The summed E-state index contributed by atoms with van der Waals surface area (Å²) in [5.41, 5.74) is 6.93. The van der Waals surface area contributed by atoms with Crippen LogP contribution in [0.2, 0.25) is 0 Å². The number of hydrogen-bond donors (Lipinski definition) is 2. The number of fused-ring (bicyclic) bond motifs is 5. The van der Waals surface area contributed by atoms with E-state index in [0.29, 0.717) is 29.6 Å². The van der Waals surface area contributed by atoms with E-state index >= 15 is 0 Å². The molecule has 58 heavy (non-hydrogen) atoms. The Hall–Kier alpha value is -4.91. The van der Waals surface area contributed by atoms with Gasteiger partial charge in [0.2, 0.25) is 5.91 Å². The van der Waals surface area contributed by atoms with Crippen LogP contribution >= 0.6 is 0 Å². The molecule has 4 aromatic rings. The van der Waals surface area contributed by atoms with Crippen LogP contribution in [0.15, 0.2) is 93.9 Å². The summed E-state index contributed by atoms with van der Waals surface area (Å²) >= 11 is 0. The van der Waals surface area contributed by atoms with Gasteiger partial charge in [0.15, 0.2) is 6.54 Å². The molecule has 2 bridgehead atoms. The molecular formula is C41H45N5O10S2. The molecule has 2 amide bonds. The van der Waals surface area contributed by atoms with Crippen molar-refractivity contribution in [3.05, 3.63) is 89.6 Å². The Labute approximate surface area is 336 Å². The van der Waals surface area contributed by atoms with Crippen LogP contribution in [0.1, 0.15) is 19.4 Å². The maximum atomic E-state index is 14.1. The number of nitrogens with two attached hydrogens (primary N) is 1. The average Bonchev–Trinajstić information content (AvgIpc) is 3.55. The summed E-state index contributed by atoms with van der Waals surface area (Å²) in [7, 11) is -8.38. The molecule has 17 heteroatoms. The fourth-order valence-corrected chi connectivity index (χ4v) is 12.2. The van der Waals surface area contributed by atoms with Crippen molar-refractivity contribution in [1.29, 1.82) is 0 Å². The van der Waals surface area contributed by atoms with Crippen molar-refractivity contribution in [2.45, 2.75) is 42.2 Å². The van der Waals surface area contributed by atoms with Crippen LogP contribution in [-0.4, -0.2) is 129 Å². The number of carboxylic acid groups (broad SMARTS) is 1. The predicted octanol–water partition coefficient (Wildman–Crippen LogP) is 0.643. The molecule has 0 aromatic heterocycles. The molecule has 6 aliphatic rings. The summed E-state index contributed by atoms with van der Waals surface area (Å²) in [4.78, 5) is 37.9. The molecule has 4 atom stereocenters. The van der Waals surface area contributed by atoms with Gasteiger partial charge in [-0.25, -0.2) is 16.8 Å². The van der Waals surface area contributed by atoms with Crippen molar-refractivity contribution in [1.82, 2.24) is 4.90 Å². The molecule has 10 rings (SSSR count). The minimum Gasteiger partial charge on any atom is -0.744 e.